The molecule has 92 valence electrons. The first kappa shape index (κ1) is 11.6. The minimum absolute atomic E-state index is 0.172. The molecule has 1 aliphatic carbocycles. The fraction of sp³-hybridized carbons (Fsp3) is 0.909. The molecule has 16 heavy (non-hydrogen) atoms. The van der Waals surface area contributed by atoms with E-state index in [1.807, 2.05) is 0 Å². The van der Waals surface area contributed by atoms with Gasteiger partial charge < -0.3 is 10.2 Å². The van der Waals surface area contributed by atoms with E-state index >= 15 is 0 Å². The van der Waals surface area contributed by atoms with Crippen LogP contribution in [0.2, 0.25) is 0 Å². The van der Waals surface area contributed by atoms with Gasteiger partial charge in [-0.3, -0.25) is 0 Å². The van der Waals surface area contributed by atoms with Crippen LogP contribution in [0.1, 0.15) is 38.5 Å². The molecule has 0 aromatic carbocycles. The number of likely N-dealkylation sites (tertiary alicyclic amines) is 1. The first-order chi connectivity index (χ1) is 7.57. The van der Waals surface area contributed by atoms with Gasteiger partial charge in [-0.2, -0.15) is 0 Å². The number of halogens is 2. The van der Waals surface area contributed by atoms with Crippen LogP contribution in [-0.4, -0.2) is 36.0 Å². The Morgan fingerprint density at radius 3 is 2.50 bits per heavy atom. The van der Waals surface area contributed by atoms with Gasteiger partial charge in [-0.1, -0.05) is 19.3 Å². The normalized spacial score (nSPS) is 25.8. The number of amides is 2. The van der Waals surface area contributed by atoms with Crippen molar-refractivity contribution in [3.63, 3.8) is 0 Å². The van der Waals surface area contributed by atoms with Crippen molar-refractivity contribution in [3.8, 4) is 0 Å². The quantitative estimate of drug-likeness (QED) is 0.739. The zero-order valence-corrected chi connectivity index (χ0v) is 9.35. The third kappa shape index (κ3) is 2.83. The molecule has 3 nitrogen and oxygen atoms in total. The van der Waals surface area contributed by atoms with E-state index in [1.54, 1.807) is 0 Å². The maximum Gasteiger partial charge on any atom is 0.317 e. The van der Waals surface area contributed by atoms with Crippen molar-refractivity contribution in [1.29, 1.82) is 0 Å². The molecule has 1 heterocycles. The van der Waals surface area contributed by atoms with Crippen molar-refractivity contribution in [1.82, 2.24) is 10.2 Å². The molecule has 0 radical (unpaired) electrons. The Morgan fingerprint density at radius 1 is 1.25 bits per heavy atom. The van der Waals surface area contributed by atoms with Gasteiger partial charge in [0.05, 0.1) is 6.54 Å². The Bertz CT molecular complexity index is 265. The van der Waals surface area contributed by atoms with E-state index in [-0.39, 0.29) is 25.0 Å². The summed E-state index contributed by atoms with van der Waals surface area (Å²) in [5, 5.41) is 2.85. The molecule has 5 heteroatoms. The van der Waals surface area contributed by atoms with E-state index in [4.69, 9.17) is 0 Å². The average Bonchev–Trinajstić information content (AvgIpc) is 2.60. The minimum Gasteiger partial charge on any atom is -0.335 e. The molecular weight excluding hydrogens is 214 g/mol. The molecule has 2 aliphatic rings. The molecule has 0 aromatic rings. The largest absolute Gasteiger partial charge is 0.335 e. The number of nitrogens with one attached hydrogen (secondary N) is 1. The summed E-state index contributed by atoms with van der Waals surface area (Å²) in [4.78, 5) is 12.9. The number of carbonyl (C=O) groups is 1. The van der Waals surface area contributed by atoms with E-state index in [0.29, 0.717) is 0 Å². The number of carbonyl (C=O) groups excluding carboxylic acids is 1. The van der Waals surface area contributed by atoms with Gasteiger partial charge in [0.25, 0.3) is 5.92 Å². The smallest absolute Gasteiger partial charge is 0.317 e. The lowest BCUT2D eigenvalue weighted by Crippen LogP contribution is -2.45. The van der Waals surface area contributed by atoms with Crippen LogP contribution in [0.3, 0.4) is 0 Å². The fourth-order valence-corrected chi connectivity index (χ4v) is 2.42. The lowest BCUT2D eigenvalue weighted by molar-refractivity contribution is 0.0152. The van der Waals surface area contributed by atoms with Crippen LogP contribution in [0.25, 0.3) is 0 Å². The van der Waals surface area contributed by atoms with Gasteiger partial charge >= 0.3 is 6.03 Å². The predicted molar refractivity (Wildman–Crippen MR) is 56.5 cm³/mol. The second-order valence-corrected chi connectivity index (χ2v) is 4.81. The molecule has 0 unspecified atom stereocenters. The second-order valence-electron chi connectivity index (χ2n) is 4.81. The third-order valence-electron chi connectivity index (χ3n) is 3.39. The Hall–Kier alpha value is -0.870. The summed E-state index contributed by atoms with van der Waals surface area (Å²) in [7, 11) is 0. The summed E-state index contributed by atoms with van der Waals surface area (Å²) in [6.07, 6.45) is 5.23. The molecule has 2 rings (SSSR count). The molecule has 1 saturated heterocycles. The molecule has 0 aromatic heterocycles. The number of rotatable bonds is 1. The highest BCUT2D eigenvalue weighted by molar-refractivity contribution is 5.75. The van der Waals surface area contributed by atoms with Crippen molar-refractivity contribution in [2.24, 2.45) is 0 Å². The molecule has 0 spiro atoms. The van der Waals surface area contributed by atoms with Crippen LogP contribution in [-0.2, 0) is 0 Å². The SMILES string of the molecule is O=C(NC1CCCCC1)N1CCC(F)(F)C1. The van der Waals surface area contributed by atoms with Gasteiger partial charge in [0.2, 0.25) is 0 Å². The van der Waals surface area contributed by atoms with Gasteiger partial charge in [0.1, 0.15) is 0 Å². The maximum absolute atomic E-state index is 12.9. The highest BCUT2D eigenvalue weighted by Crippen LogP contribution is 2.27. The van der Waals surface area contributed by atoms with E-state index in [1.165, 1.54) is 11.3 Å². The number of hydrogen-bond donors (Lipinski definition) is 1. The van der Waals surface area contributed by atoms with Crippen LogP contribution < -0.4 is 5.32 Å². The first-order valence-corrected chi connectivity index (χ1v) is 6.00. The van der Waals surface area contributed by atoms with E-state index in [0.717, 1.165) is 25.7 Å². The van der Waals surface area contributed by atoms with Crippen molar-refractivity contribution in [2.75, 3.05) is 13.1 Å². The monoisotopic (exact) mass is 232 g/mol. The van der Waals surface area contributed by atoms with Crippen LogP contribution in [0.4, 0.5) is 13.6 Å². The number of alkyl halides is 2. The Morgan fingerprint density at radius 2 is 1.94 bits per heavy atom. The molecule has 1 saturated carbocycles. The van der Waals surface area contributed by atoms with E-state index in [9.17, 15) is 13.6 Å². The van der Waals surface area contributed by atoms with E-state index in [2.05, 4.69) is 5.32 Å². The Balaban J connectivity index is 1.79. The van der Waals surface area contributed by atoms with Crippen LogP contribution in [0.5, 0.6) is 0 Å². The van der Waals surface area contributed by atoms with Gasteiger partial charge in [-0.25, -0.2) is 13.6 Å². The van der Waals surface area contributed by atoms with Crippen LogP contribution in [0, 0.1) is 0 Å². The number of nitrogens with zero attached hydrogens (tertiary/aromatic N) is 1. The van der Waals surface area contributed by atoms with Crippen molar-refractivity contribution >= 4 is 6.03 Å². The average molecular weight is 232 g/mol. The number of urea groups is 1. The summed E-state index contributed by atoms with van der Waals surface area (Å²) in [5.41, 5.74) is 0. The molecule has 1 aliphatic heterocycles. The molecule has 1 N–H and O–H groups in total. The fourth-order valence-electron chi connectivity index (χ4n) is 2.42. The van der Waals surface area contributed by atoms with Gasteiger partial charge in [-0.15, -0.1) is 0 Å². The lowest BCUT2D eigenvalue weighted by atomic mass is 9.96. The molecule has 0 bridgehead atoms. The van der Waals surface area contributed by atoms with Crippen LogP contribution >= 0.6 is 0 Å². The zero-order valence-electron chi connectivity index (χ0n) is 9.35. The van der Waals surface area contributed by atoms with Crippen molar-refractivity contribution in [3.05, 3.63) is 0 Å². The van der Waals surface area contributed by atoms with Gasteiger partial charge in [0.15, 0.2) is 0 Å². The van der Waals surface area contributed by atoms with E-state index < -0.39 is 12.5 Å². The summed E-state index contributed by atoms with van der Waals surface area (Å²) >= 11 is 0. The van der Waals surface area contributed by atoms with Gasteiger partial charge in [-0.05, 0) is 12.8 Å². The van der Waals surface area contributed by atoms with Crippen molar-refractivity contribution < 1.29 is 13.6 Å². The van der Waals surface area contributed by atoms with Crippen molar-refractivity contribution in [2.45, 2.75) is 50.5 Å². The first-order valence-electron chi connectivity index (χ1n) is 6.00. The number of hydrogen-bond acceptors (Lipinski definition) is 1. The summed E-state index contributed by atoms with van der Waals surface area (Å²) in [5.74, 6) is -2.69. The molecular formula is C11H18F2N2O. The highest BCUT2D eigenvalue weighted by atomic mass is 19.3. The minimum atomic E-state index is -2.69. The third-order valence-corrected chi connectivity index (χ3v) is 3.39. The second kappa shape index (κ2) is 4.55. The molecule has 0 atom stereocenters. The molecule has 2 fully saturated rings. The van der Waals surface area contributed by atoms with Gasteiger partial charge in [0, 0.05) is 19.0 Å². The highest BCUT2D eigenvalue weighted by Gasteiger charge is 2.40. The summed E-state index contributed by atoms with van der Waals surface area (Å²) in [6, 6.07) is -0.125. The standard InChI is InChI=1S/C11H18F2N2O/c12-11(13)6-7-15(8-11)10(16)14-9-4-2-1-3-5-9/h9H,1-8H2,(H,14,16). The zero-order chi connectivity index (χ0) is 11.6. The summed E-state index contributed by atoms with van der Waals surface area (Å²) in [6.45, 7) is -0.253. The summed E-state index contributed by atoms with van der Waals surface area (Å²) < 4.78 is 25.8. The Kier molecular flexibility index (Phi) is 3.30. The topological polar surface area (TPSA) is 32.3 Å². The predicted octanol–water partition coefficient (Wildman–Crippen LogP) is 2.37. The molecule has 2 amide bonds. The van der Waals surface area contributed by atoms with Crippen LogP contribution in [0.15, 0.2) is 0 Å². The lowest BCUT2D eigenvalue weighted by Gasteiger charge is -2.25. The Labute approximate surface area is 94.2 Å². The maximum atomic E-state index is 12.9.